The molecule has 0 saturated heterocycles. The molecule has 2 aromatic carbocycles. The molecule has 2 aromatic rings. The minimum atomic E-state index is -0.498. The fourth-order valence-electron chi connectivity index (χ4n) is 2.41. The van der Waals surface area contributed by atoms with Gasteiger partial charge in [0.1, 0.15) is 5.75 Å². The third-order valence-corrected chi connectivity index (χ3v) is 3.85. The number of nitrogens with two attached hydrogens (primary N) is 1. The summed E-state index contributed by atoms with van der Waals surface area (Å²) in [7, 11) is 1.67. The molecule has 0 aliphatic rings. The summed E-state index contributed by atoms with van der Waals surface area (Å²) in [5, 5.41) is 0. The Balaban J connectivity index is 2.48. The van der Waals surface area contributed by atoms with Gasteiger partial charge in [-0.3, -0.25) is 0 Å². The number of rotatable bonds is 3. The van der Waals surface area contributed by atoms with Gasteiger partial charge in [-0.2, -0.15) is 0 Å². The molecular formula is C17H21NO. The molecule has 0 aromatic heterocycles. The largest absolute Gasteiger partial charge is 0.497 e. The van der Waals surface area contributed by atoms with E-state index < -0.39 is 5.54 Å². The van der Waals surface area contributed by atoms with Crippen molar-refractivity contribution in [3.8, 4) is 5.75 Å². The molecule has 0 aliphatic carbocycles. The van der Waals surface area contributed by atoms with Crippen molar-refractivity contribution in [3.63, 3.8) is 0 Å². The van der Waals surface area contributed by atoms with Crippen LogP contribution in [0.5, 0.6) is 5.75 Å². The van der Waals surface area contributed by atoms with Crippen molar-refractivity contribution in [1.29, 1.82) is 0 Å². The summed E-state index contributed by atoms with van der Waals surface area (Å²) < 4.78 is 5.19. The maximum atomic E-state index is 6.58. The highest BCUT2D eigenvalue weighted by Crippen LogP contribution is 2.31. The Morgan fingerprint density at radius 2 is 1.63 bits per heavy atom. The molecule has 19 heavy (non-hydrogen) atoms. The number of hydrogen-bond donors (Lipinski definition) is 1. The Morgan fingerprint density at radius 1 is 1.00 bits per heavy atom. The molecule has 100 valence electrons. The lowest BCUT2D eigenvalue weighted by Crippen LogP contribution is -2.35. The first-order valence-electron chi connectivity index (χ1n) is 6.47. The zero-order valence-corrected chi connectivity index (χ0v) is 12.0. The maximum absolute atomic E-state index is 6.58. The minimum absolute atomic E-state index is 0.498. The summed E-state index contributed by atoms with van der Waals surface area (Å²) in [6, 6.07) is 14.2. The normalized spacial score (nSPS) is 13.9. The highest BCUT2D eigenvalue weighted by molar-refractivity contribution is 5.45. The van der Waals surface area contributed by atoms with E-state index in [0.29, 0.717) is 0 Å². The summed E-state index contributed by atoms with van der Waals surface area (Å²) in [4.78, 5) is 0. The van der Waals surface area contributed by atoms with Crippen molar-refractivity contribution in [3.05, 3.63) is 64.7 Å². The predicted molar refractivity (Wildman–Crippen MR) is 79.6 cm³/mol. The second-order valence-corrected chi connectivity index (χ2v) is 5.18. The molecule has 0 amide bonds. The summed E-state index contributed by atoms with van der Waals surface area (Å²) in [6.45, 7) is 6.29. The average Bonchev–Trinajstić information content (AvgIpc) is 2.41. The molecule has 1 unspecified atom stereocenters. The lowest BCUT2D eigenvalue weighted by molar-refractivity contribution is 0.414. The van der Waals surface area contributed by atoms with Crippen molar-refractivity contribution >= 4 is 0 Å². The lowest BCUT2D eigenvalue weighted by atomic mass is 9.82. The SMILES string of the molecule is COc1ccc(C(C)(N)c2cccc(C)c2C)cc1. The van der Waals surface area contributed by atoms with Crippen molar-refractivity contribution in [1.82, 2.24) is 0 Å². The van der Waals surface area contributed by atoms with E-state index >= 15 is 0 Å². The molecule has 0 spiro atoms. The van der Waals surface area contributed by atoms with Crippen LogP contribution in [0, 0.1) is 13.8 Å². The molecule has 2 N–H and O–H groups in total. The van der Waals surface area contributed by atoms with Gasteiger partial charge in [-0.25, -0.2) is 0 Å². The molecule has 2 rings (SSSR count). The summed E-state index contributed by atoms with van der Waals surface area (Å²) in [5.41, 5.74) is 10.9. The zero-order chi connectivity index (χ0) is 14.0. The number of methoxy groups -OCH3 is 1. The quantitative estimate of drug-likeness (QED) is 0.910. The fraction of sp³-hybridized carbons (Fsp3) is 0.294. The van der Waals surface area contributed by atoms with Gasteiger partial charge >= 0.3 is 0 Å². The zero-order valence-electron chi connectivity index (χ0n) is 12.0. The molecule has 0 saturated carbocycles. The topological polar surface area (TPSA) is 35.2 Å². The second kappa shape index (κ2) is 5.06. The van der Waals surface area contributed by atoms with E-state index in [1.807, 2.05) is 24.3 Å². The van der Waals surface area contributed by atoms with E-state index in [-0.39, 0.29) is 0 Å². The second-order valence-electron chi connectivity index (χ2n) is 5.18. The van der Waals surface area contributed by atoms with Crippen LogP contribution in [0.2, 0.25) is 0 Å². The number of benzene rings is 2. The van der Waals surface area contributed by atoms with Crippen LogP contribution in [0.1, 0.15) is 29.2 Å². The molecule has 2 nitrogen and oxygen atoms in total. The summed E-state index contributed by atoms with van der Waals surface area (Å²) >= 11 is 0. The van der Waals surface area contributed by atoms with Gasteiger partial charge in [0.15, 0.2) is 0 Å². The van der Waals surface area contributed by atoms with Crippen LogP contribution in [-0.2, 0) is 5.54 Å². The van der Waals surface area contributed by atoms with Crippen molar-refractivity contribution < 1.29 is 4.74 Å². The van der Waals surface area contributed by atoms with Crippen LogP contribution in [-0.4, -0.2) is 7.11 Å². The monoisotopic (exact) mass is 255 g/mol. The Hall–Kier alpha value is -1.80. The Bertz CT molecular complexity index is 570. The third kappa shape index (κ3) is 2.49. The van der Waals surface area contributed by atoms with Gasteiger partial charge in [0.2, 0.25) is 0 Å². The van der Waals surface area contributed by atoms with Gasteiger partial charge in [-0.1, -0.05) is 30.3 Å². The fourth-order valence-corrected chi connectivity index (χ4v) is 2.41. The van der Waals surface area contributed by atoms with Gasteiger partial charge < -0.3 is 10.5 Å². The summed E-state index contributed by atoms with van der Waals surface area (Å²) in [5.74, 6) is 0.848. The number of hydrogen-bond acceptors (Lipinski definition) is 2. The standard InChI is InChI=1S/C17H21NO/c1-12-6-5-7-16(13(12)2)17(3,18)14-8-10-15(19-4)11-9-14/h5-11H,18H2,1-4H3. The predicted octanol–water partition coefficient (Wildman–Crippen LogP) is 3.53. The van der Waals surface area contributed by atoms with Gasteiger partial charge in [0, 0.05) is 0 Å². The van der Waals surface area contributed by atoms with Crippen LogP contribution in [0.15, 0.2) is 42.5 Å². The van der Waals surface area contributed by atoms with Crippen molar-refractivity contribution in [2.75, 3.05) is 7.11 Å². The third-order valence-electron chi connectivity index (χ3n) is 3.85. The van der Waals surface area contributed by atoms with Crippen molar-refractivity contribution in [2.45, 2.75) is 26.3 Å². The first-order valence-corrected chi connectivity index (χ1v) is 6.47. The van der Waals surface area contributed by atoms with Crippen LogP contribution in [0.25, 0.3) is 0 Å². The average molecular weight is 255 g/mol. The van der Waals surface area contributed by atoms with Gasteiger partial charge in [0.05, 0.1) is 12.6 Å². The molecule has 0 bridgehead atoms. The van der Waals surface area contributed by atoms with E-state index in [0.717, 1.165) is 16.9 Å². The van der Waals surface area contributed by atoms with Crippen LogP contribution >= 0.6 is 0 Å². The number of ether oxygens (including phenoxy) is 1. The van der Waals surface area contributed by atoms with Crippen LogP contribution in [0.4, 0.5) is 0 Å². The van der Waals surface area contributed by atoms with E-state index in [2.05, 4.69) is 39.0 Å². The van der Waals surface area contributed by atoms with E-state index in [9.17, 15) is 0 Å². The first kappa shape index (κ1) is 13.6. The summed E-state index contributed by atoms with van der Waals surface area (Å²) in [6.07, 6.45) is 0. The van der Waals surface area contributed by atoms with Gasteiger partial charge in [-0.15, -0.1) is 0 Å². The maximum Gasteiger partial charge on any atom is 0.118 e. The first-order chi connectivity index (χ1) is 8.96. The van der Waals surface area contributed by atoms with Gasteiger partial charge in [0.25, 0.3) is 0 Å². The molecule has 0 heterocycles. The highest BCUT2D eigenvalue weighted by atomic mass is 16.5. The minimum Gasteiger partial charge on any atom is -0.497 e. The molecule has 0 radical (unpaired) electrons. The van der Waals surface area contributed by atoms with E-state index in [4.69, 9.17) is 10.5 Å². The molecular weight excluding hydrogens is 234 g/mol. The highest BCUT2D eigenvalue weighted by Gasteiger charge is 2.25. The Morgan fingerprint density at radius 3 is 2.21 bits per heavy atom. The van der Waals surface area contributed by atoms with E-state index in [1.165, 1.54) is 11.1 Å². The van der Waals surface area contributed by atoms with E-state index in [1.54, 1.807) is 7.11 Å². The van der Waals surface area contributed by atoms with Crippen LogP contribution < -0.4 is 10.5 Å². The van der Waals surface area contributed by atoms with Crippen molar-refractivity contribution in [2.24, 2.45) is 5.73 Å². The lowest BCUT2D eigenvalue weighted by Gasteiger charge is -2.28. The van der Waals surface area contributed by atoms with Gasteiger partial charge in [-0.05, 0) is 55.2 Å². The molecule has 1 atom stereocenters. The van der Waals surface area contributed by atoms with Crippen LogP contribution in [0.3, 0.4) is 0 Å². The Labute approximate surface area is 115 Å². The smallest absolute Gasteiger partial charge is 0.118 e. The molecule has 0 fully saturated rings. The number of aryl methyl sites for hydroxylation is 1. The molecule has 0 aliphatic heterocycles. The Kier molecular flexibility index (Phi) is 3.63. The molecule has 2 heteroatoms.